The molecule has 2 aromatic carbocycles. The lowest BCUT2D eigenvalue weighted by molar-refractivity contribution is -0.137. The highest BCUT2D eigenvalue weighted by Gasteiger charge is 2.40. The summed E-state index contributed by atoms with van der Waals surface area (Å²) in [5.74, 6) is -0.720. The average Bonchev–Trinajstić information content (AvgIpc) is 3.32. The molecule has 0 radical (unpaired) electrons. The van der Waals surface area contributed by atoms with Crippen LogP contribution >= 0.6 is 0 Å². The lowest BCUT2D eigenvalue weighted by Crippen LogP contribution is -2.52. The van der Waals surface area contributed by atoms with Crippen molar-refractivity contribution in [2.24, 2.45) is 0 Å². The number of hydrogen-bond acceptors (Lipinski definition) is 9. The maximum atomic E-state index is 13.0. The summed E-state index contributed by atoms with van der Waals surface area (Å²) in [7, 11) is 0. The predicted molar refractivity (Wildman–Crippen MR) is 161 cm³/mol. The van der Waals surface area contributed by atoms with E-state index in [2.05, 4.69) is 16.0 Å². The van der Waals surface area contributed by atoms with Gasteiger partial charge < -0.3 is 34.5 Å². The van der Waals surface area contributed by atoms with Gasteiger partial charge >= 0.3 is 6.09 Å². The number of hydrogen-bond donors (Lipinski definition) is 3. The minimum Gasteiger partial charge on any atom is -0.489 e. The third-order valence-corrected chi connectivity index (χ3v) is 6.97. The van der Waals surface area contributed by atoms with Crippen molar-refractivity contribution in [1.82, 2.24) is 20.9 Å². The summed E-state index contributed by atoms with van der Waals surface area (Å²) in [5, 5.41) is 7.71. The molecule has 1 saturated heterocycles. The van der Waals surface area contributed by atoms with Crippen molar-refractivity contribution < 1.29 is 42.9 Å². The van der Waals surface area contributed by atoms with Crippen LogP contribution in [0.5, 0.6) is 5.75 Å². The summed E-state index contributed by atoms with van der Waals surface area (Å²) in [5.41, 5.74) is 2.46. The Balaban J connectivity index is 1.12. The van der Waals surface area contributed by atoms with Crippen LogP contribution in [0, 0.1) is 0 Å². The monoisotopic (exact) mass is 624 g/mol. The van der Waals surface area contributed by atoms with Gasteiger partial charge in [0.25, 0.3) is 5.91 Å². The van der Waals surface area contributed by atoms with Crippen LogP contribution in [0.1, 0.15) is 60.7 Å². The molecule has 0 aromatic heterocycles. The minimum absolute atomic E-state index is 0.101. The minimum atomic E-state index is -0.685. The summed E-state index contributed by atoms with van der Waals surface area (Å²) in [4.78, 5) is 62.0. The van der Waals surface area contributed by atoms with Crippen molar-refractivity contribution in [3.8, 4) is 5.75 Å². The van der Waals surface area contributed by atoms with Crippen molar-refractivity contribution in [3.05, 3.63) is 64.7 Å². The van der Waals surface area contributed by atoms with E-state index in [4.69, 9.17) is 18.9 Å². The van der Waals surface area contributed by atoms with Gasteiger partial charge in [-0.1, -0.05) is 30.3 Å². The Morgan fingerprint density at radius 2 is 1.69 bits per heavy atom. The van der Waals surface area contributed by atoms with E-state index in [-0.39, 0.29) is 57.1 Å². The van der Waals surface area contributed by atoms with Crippen LogP contribution in [-0.4, -0.2) is 79.2 Å². The lowest BCUT2D eigenvalue weighted by Gasteiger charge is -2.29. The summed E-state index contributed by atoms with van der Waals surface area (Å²) in [6.07, 6.45) is -0.00701. The Hall–Kier alpha value is -4.49. The van der Waals surface area contributed by atoms with E-state index in [0.717, 1.165) is 16.7 Å². The van der Waals surface area contributed by atoms with Crippen LogP contribution in [0.15, 0.2) is 42.5 Å². The molecule has 5 amide bonds. The fourth-order valence-electron chi connectivity index (χ4n) is 4.78. The lowest BCUT2D eigenvalue weighted by atomic mass is 10.0. The Morgan fingerprint density at radius 1 is 0.956 bits per heavy atom. The van der Waals surface area contributed by atoms with Crippen molar-refractivity contribution in [1.29, 1.82) is 0 Å². The highest BCUT2D eigenvalue weighted by molar-refractivity contribution is 6.05. The SMILES string of the molecule is CC(C)(C)OC(=O)NCCOCCOCC(=O)NCc1ccc(COc2cccc3c2CN(C2CCC(=O)NC2=O)C3=O)cc1. The standard InChI is InChI=1S/C32H40N4O9/c1-32(2,3)45-31(41)33-13-14-42-15-16-43-20-28(38)34-17-21-7-9-22(10-8-21)19-44-26-6-4-5-23-24(26)18-36(30(23)40)25-11-12-27(37)35-29(25)39/h4-10,25H,11-20H2,1-3H3,(H,33,41)(H,34,38)(H,35,37,39). The number of nitrogens with one attached hydrogen (secondary N) is 3. The molecule has 0 aliphatic carbocycles. The van der Waals surface area contributed by atoms with E-state index in [1.807, 2.05) is 24.3 Å². The van der Waals surface area contributed by atoms with Crippen LogP contribution in [0.2, 0.25) is 0 Å². The Morgan fingerprint density at radius 3 is 2.42 bits per heavy atom. The molecule has 0 spiro atoms. The molecule has 1 unspecified atom stereocenters. The second-order valence-corrected chi connectivity index (χ2v) is 11.7. The maximum absolute atomic E-state index is 13.0. The van der Waals surface area contributed by atoms with Gasteiger partial charge in [-0.3, -0.25) is 24.5 Å². The van der Waals surface area contributed by atoms with E-state index in [1.54, 1.807) is 39.0 Å². The molecule has 2 aliphatic rings. The molecule has 2 heterocycles. The molecule has 1 fully saturated rings. The highest BCUT2D eigenvalue weighted by atomic mass is 16.6. The first-order valence-electron chi connectivity index (χ1n) is 14.9. The van der Waals surface area contributed by atoms with Gasteiger partial charge in [-0.15, -0.1) is 0 Å². The quantitative estimate of drug-likeness (QED) is 0.211. The summed E-state index contributed by atoms with van der Waals surface area (Å²) < 4.78 is 21.9. The zero-order valence-electron chi connectivity index (χ0n) is 25.8. The molecular formula is C32H40N4O9. The van der Waals surface area contributed by atoms with Gasteiger partial charge in [0.2, 0.25) is 17.7 Å². The van der Waals surface area contributed by atoms with Crippen molar-refractivity contribution in [3.63, 3.8) is 0 Å². The zero-order valence-corrected chi connectivity index (χ0v) is 25.8. The fraction of sp³-hybridized carbons (Fsp3) is 0.469. The van der Waals surface area contributed by atoms with E-state index in [9.17, 15) is 24.0 Å². The maximum Gasteiger partial charge on any atom is 0.407 e. The molecule has 2 aromatic rings. The number of imide groups is 1. The molecule has 13 nitrogen and oxygen atoms in total. The van der Waals surface area contributed by atoms with Gasteiger partial charge in [0.15, 0.2) is 0 Å². The normalized spacial score (nSPS) is 16.2. The van der Waals surface area contributed by atoms with Crippen molar-refractivity contribution in [2.45, 2.75) is 65.0 Å². The first-order chi connectivity index (χ1) is 21.5. The smallest absolute Gasteiger partial charge is 0.407 e. The third kappa shape index (κ3) is 10.0. The molecule has 4 rings (SSSR count). The Bertz CT molecular complexity index is 1390. The molecule has 0 saturated carbocycles. The average molecular weight is 625 g/mol. The first-order valence-corrected chi connectivity index (χ1v) is 14.9. The Kier molecular flexibility index (Phi) is 11.5. The molecule has 3 N–H and O–H groups in total. The van der Waals surface area contributed by atoms with Crippen LogP contribution < -0.4 is 20.7 Å². The molecule has 45 heavy (non-hydrogen) atoms. The van der Waals surface area contributed by atoms with Gasteiger partial charge in [0, 0.05) is 30.6 Å². The van der Waals surface area contributed by atoms with E-state index < -0.39 is 23.6 Å². The molecule has 2 aliphatic heterocycles. The molecule has 0 bridgehead atoms. The van der Waals surface area contributed by atoms with Gasteiger partial charge in [0.05, 0.1) is 26.4 Å². The van der Waals surface area contributed by atoms with Crippen LogP contribution in [0.25, 0.3) is 0 Å². The number of benzene rings is 2. The second kappa shape index (κ2) is 15.5. The largest absolute Gasteiger partial charge is 0.489 e. The van der Waals surface area contributed by atoms with Gasteiger partial charge in [-0.05, 0) is 50.5 Å². The number of amides is 5. The number of carbonyl (C=O) groups excluding carboxylic acids is 5. The van der Waals surface area contributed by atoms with E-state index in [0.29, 0.717) is 37.4 Å². The highest BCUT2D eigenvalue weighted by Crippen LogP contribution is 2.34. The second-order valence-electron chi connectivity index (χ2n) is 11.7. The summed E-state index contributed by atoms with van der Waals surface area (Å²) in [6, 6.07) is 12.2. The van der Waals surface area contributed by atoms with Crippen molar-refractivity contribution >= 4 is 29.7 Å². The van der Waals surface area contributed by atoms with Crippen LogP contribution in [-0.2, 0) is 48.3 Å². The van der Waals surface area contributed by atoms with Crippen LogP contribution in [0.4, 0.5) is 4.79 Å². The number of carbonyl (C=O) groups is 5. The molecule has 242 valence electrons. The van der Waals surface area contributed by atoms with Gasteiger partial charge in [-0.2, -0.15) is 0 Å². The summed E-state index contributed by atoms with van der Waals surface area (Å²) >= 11 is 0. The fourth-order valence-corrected chi connectivity index (χ4v) is 4.78. The zero-order chi connectivity index (χ0) is 32.4. The number of nitrogens with zero attached hydrogens (tertiary/aromatic N) is 1. The van der Waals surface area contributed by atoms with Crippen LogP contribution in [0.3, 0.4) is 0 Å². The number of rotatable bonds is 14. The van der Waals surface area contributed by atoms with Gasteiger partial charge in [0.1, 0.15) is 30.6 Å². The summed E-state index contributed by atoms with van der Waals surface area (Å²) in [6.45, 7) is 7.22. The number of ether oxygens (including phenoxy) is 4. The number of piperidine rings is 1. The molecule has 1 atom stereocenters. The van der Waals surface area contributed by atoms with Gasteiger partial charge in [-0.25, -0.2) is 4.79 Å². The Labute approximate surface area is 261 Å². The number of alkyl carbamates (subject to hydrolysis) is 1. The first kappa shape index (κ1) is 33.4. The third-order valence-electron chi connectivity index (χ3n) is 6.97. The molecule has 13 heteroatoms. The van der Waals surface area contributed by atoms with E-state index in [1.165, 1.54) is 4.90 Å². The van der Waals surface area contributed by atoms with Crippen molar-refractivity contribution in [2.75, 3.05) is 33.0 Å². The predicted octanol–water partition coefficient (Wildman–Crippen LogP) is 2.20. The number of fused-ring (bicyclic) bond motifs is 1. The molecular weight excluding hydrogens is 584 g/mol. The van der Waals surface area contributed by atoms with E-state index >= 15 is 0 Å². The topological polar surface area (TPSA) is 162 Å².